The number of hydrogen-bond donors (Lipinski definition) is 1. The zero-order chi connectivity index (χ0) is 15.5. The van der Waals surface area contributed by atoms with E-state index in [-0.39, 0.29) is 18.1 Å². The van der Waals surface area contributed by atoms with Gasteiger partial charge in [0.15, 0.2) is 0 Å². The van der Waals surface area contributed by atoms with E-state index < -0.39 is 11.6 Å². The van der Waals surface area contributed by atoms with Crippen molar-refractivity contribution in [1.29, 1.82) is 0 Å². The number of benzene rings is 2. The molecule has 1 N–H and O–H groups in total. The number of nitrogens with one attached hydrogen (secondary N) is 1. The standard InChI is InChI=1S/C16H13F2N3O/c1-10-4-2-5-11(8-10)16-21-20-14(22-16)9-19-15-12(17)6-3-7-13(15)18/h2-8,19H,9H2,1H3. The Labute approximate surface area is 125 Å². The topological polar surface area (TPSA) is 51.0 Å². The highest BCUT2D eigenvalue weighted by Crippen LogP contribution is 2.21. The van der Waals surface area contributed by atoms with Crippen molar-refractivity contribution in [2.45, 2.75) is 13.5 Å². The average Bonchev–Trinajstić information content (AvgIpc) is 2.96. The summed E-state index contributed by atoms with van der Waals surface area (Å²) in [4.78, 5) is 0. The van der Waals surface area contributed by atoms with Crippen molar-refractivity contribution in [3.8, 4) is 11.5 Å². The first-order valence-corrected chi connectivity index (χ1v) is 6.71. The zero-order valence-corrected chi connectivity index (χ0v) is 11.8. The summed E-state index contributed by atoms with van der Waals surface area (Å²) < 4.78 is 32.5. The van der Waals surface area contributed by atoms with Crippen LogP contribution in [0.1, 0.15) is 11.5 Å². The van der Waals surface area contributed by atoms with E-state index in [4.69, 9.17) is 4.42 Å². The second kappa shape index (κ2) is 5.93. The minimum Gasteiger partial charge on any atom is -0.419 e. The van der Waals surface area contributed by atoms with Gasteiger partial charge in [-0.1, -0.05) is 23.8 Å². The normalized spacial score (nSPS) is 10.7. The third-order valence-corrected chi connectivity index (χ3v) is 3.11. The van der Waals surface area contributed by atoms with Crippen LogP contribution < -0.4 is 5.32 Å². The molecule has 2 aromatic carbocycles. The van der Waals surface area contributed by atoms with Gasteiger partial charge in [0.25, 0.3) is 0 Å². The van der Waals surface area contributed by atoms with Crippen LogP contribution in [-0.2, 0) is 6.54 Å². The lowest BCUT2D eigenvalue weighted by Gasteiger charge is -2.05. The first kappa shape index (κ1) is 14.2. The van der Waals surface area contributed by atoms with Gasteiger partial charge in [-0.25, -0.2) is 8.78 Å². The van der Waals surface area contributed by atoms with Gasteiger partial charge in [0.2, 0.25) is 11.8 Å². The zero-order valence-electron chi connectivity index (χ0n) is 11.8. The molecule has 0 bridgehead atoms. The van der Waals surface area contributed by atoms with E-state index >= 15 is 0 Å². The minimum absolute atomic E-state index is 0.0384. The average molecular weight is 301 g/mol. The van der Waals surface area contributed by atoms with Crippen LogP contribution in [0.15, 0.2) is 46.9 Å². The van der Waals surface area contributed by atoms with Crippen molar-refractivity contribution < 1.29 is 13.2 Å². The number of halogens is 2. The minimum atomic E-state index is -0.668. The molecule has 0 atom stereocenters. The molecule has 22 heavy (non-hydrogen) atoms. The Kier molecular flexibility index (Phi) is 3.82. The molecule has 0 unspecified atom stereocenters. The van der Waals surface area contributed by atoms with Gasteiger partial charge in [-0.2, -0.15) is 0 Å². The Morgan fingerprint density at radius 2 is 1.77 bits per heavy atom. The van der Waals surface area contributed by atoms with Crippen LogP contribution in [0.4, 0.5) is 14.5 Å². The molecule has 0 spiro atoms. The first-order chi connectivity index (χ1) is 10.6. The summed E-state index contributed by atoms with van der Waals surface area (Å²) in [5.41, 5.74) is 1.66. The van der Waals surface area contributed by atoms with Crippen LogP contribution in [0.5, 0.6) is 0 Å². The molecule has 0 aliphatic carbocycles. The smallest absolute Gasteiger partial charge is 0.247 e. The highest BCUT2D eigenvalue weighted by Gasteiger charge is 2.11. The predicted molar refractivity (Wildman–Crippen MR) is 78.2 cm³/mol. The van der Waals surface area contributed by atoms with Gasteiger partial charge in [-0.3, -0.25) is 0 Å². The highest BCUT2D eigenvalue weighted by atomic mass is 19.1. The molecule has 3 aromatic rings. The van der Waals surface area contributed by atoms with E-state index in [0.717, 1.165) is 11.1 Å². The molecule has 6 heteroatoms. The molecule has 0 amide bonds. The van der Waals surface area contributed by atoms with Crippen molar-refractivity contribution in [2.24, 2.45) is 0 Å². The summed E-state index contributed by atoms with van der Waals surface area (Å²) in [6.07, 6.45) is 0. The van der Waals surface area contributed by atoms with Crippen LogP contribution in [0, 0.1) is 18.6 Å². The van der Waals surface area contributed by atoms with E-state index in [1.807, 2.05) is 31.2 Å². The third kappa shape index (κ3) is 2.95. The monoisotopic (exact) mass is 301 g/mol. The summed E-state index contributed by atoms with van der Waals surface area (Å²) >= 11 is 0. The maximum Gasteiger partial charge on any atom is 0.247 e. The molecule has 1 aromatic heterocycles. The van der Waals surface area contributed by atoms with Crippen molar-refractivity contribution in [3.05, 3.63) is 65.6 Å². The fraction of sp³-hybridized carbons (Fsp3) is 0.125. The molecule has 0 aliphatic heterocycles. The molecular formula is C16H13F2N3O. The maximum absolute atomic E-state index is 13.5. The van der Waals surface area contributed by atoms with Crippen LogP contribution >= 0.6 is 0 Å². The summed E-state index contributed by atoms with van der Waals surface area (Å²) in [6, 6.07) is 11.3. The van der Waals surface area contributed by atoms with E-state index in [1.165, 1.54) is 18.2 Å². The molecule has 4 nitrogen and oxygen atoms in total. The van der Waals surface area contributed by atoms with E-state index in [1.54, 1.807) is 0 Å². The van der Waals surface area contributed by atoms with Gasteiger partial charge in [0.1, 0.15) is 17.3 Å². The summed E-state index contributed by atoms with van der Waals surface area (Å²) in [5.74, 6) is -0.717. The second-order valence-electron chi connectivity index (χ2n) is 4.82. The SMILES string of the molecule is Cc1cccc(-c2nnc(CNc3c(F)cccc3F)o2)c1. The number of hydrogen-bond acceptors (Lipinski definition) is 4. The molecule has 0 radical (unpaired) electrons. The Morgan fingerprint density at radius 1 is 1.05 bits per heavy atom. The van der Waals surface area contributed by atoms with Crippen LogP contribution in [0.25, 0.3) is 11.5 Å². The quantitative estimate of drug-likeness (QED) is 0.793. The Hall–Kier alpha value is -2.76. The van der Waals surface area contributed by atoms with Gasteiger partial charge >= 0.3 is 0 Å². The predicted octanol–water partition coefficient (Wildman–Crippen LogP) is 3.94. The lowest BCUT2D eigenvalue weighted by atomic mass is 10.1. The van der Waals surface area contributed by atoms with Gasteiger partial charge in [0, 0.05) is 5.56 Å². The van der Waals surface area contributed by atoms with Crippen LogP contribution in [-0.4, -0.2) is 10.2 Å². The fourth-order valence-corrected chi connectivity index (χ4v) is 2.05. The number of anilines is 1. The number of aromatic nitrogens is 2. The lowest BCUT2D eigenvalue weighted by molar-refractivity contribution is 0.512. The van der Waals surface area contributed by atoms with E-state index in [9.17, 15) is 8.78 Å². The van der Waals surface area contributed by atoms with E-state index in [0.29, 0.717) is 5.89 Å². The fourth-order valence-electron chi connectivity index (χ4n) is 2.05. The van der Waals surface area contributed by atoms with Crippen molar-refractivity contribution in [2.75, 3.05) is 5.32 Å². The number of nitrogens with zero attached hydrogens (tertiary/aromatic N) is 2. The van der Waals surface area contributed by atoms with Crippen LogP contribution in [0.3, 0.4) is 0 Å². The molecule has 3 rings (SSSR count). The first-order valence-electron chi connectivity index (χ1n) is 6.71. The second-order valence-corrected chi connectivity index (χ2v) is 4.82. The summed E-state index contributed by atoms with van der Waals surface area (Å²) in [6.45, 7) is 2.00. The van der Waals surface area contributed by atoms with Crippen molar-refractivity contribution >= 4 is 5.69 Å². The molecule has 0 saturated heterocycles. The Bertz CT molecular complexity index is 781. The summed E-state index contributed by atoms with van der Waals surface area (Å²) in [7, 11) is 0. The van der Waals surface area contributed by atoms with Crippen molar-refractivity contribution in [1.82, 2.24) is 10.2 Å². The summed E-state index contributed by atoms with van der Waals surface area (Å²) in [5, 5.41) is 10.4. The molecule has 0 saturated carbocycles. The third-order valence-electron chi connectivity index (χ3n) is 3.11. The van der Waals surface area contributed by atoms with Gasteiger partial charge in [-0.05, 0) is 31.2 Å². The lowest BCUT2D eigenvalue weighted by Crippen LogP contribution is -2.04. The van der Waals surface area contributed by atoms with Gasteiger partial charge in [0.05, 0.1) is 6.54 Å². The van der Waals surface area contributed by atoms with Crippen molar-refractivity contribution in [3.63, 3.8) is 0 Å². The number of aryl methyl sites for hydroxylation is 1. The largest absolute Gasteiger partial charge is 0.419 e. The Balaban J connectivity index is 1.75. The van der Waals surface area contributed by atoms with Gasteiger partial charge in [-0.15, -0.1) is 10.2 Å². The number of para-hydroxylation sites is 1. The molecule has 0 fully saturated rings. The molecular weight excluding hydrogens is 288 g/mol. The molecule has 112 valence electrons. The van der Waals surface area contributed by atoms with Gasteiger partial charge < -0.3 is 9.73 Å². The Morgan fingerprint density at radius 3 is 2.50 bits per heavy atom. The molecule has 1 heterocycles. The highest BCUT2D eigenvalue weighted by molar-refractivity contribution is 5.53. The number of rotatable bonds is 4. The molecule has 0 aliphatic rings. The van der Waals surface area contributed by atoms with Crippen LogP contribution in [0.2, 0.25) is 0 Å². The maximum atomic E-state index is 13.5. The van der Waals surface area contributed by atoms with E-state index in [2.05, 4.69) is 15.5 Å².